The van der Waals surface area contributed by atoms with E-state index in [4.69, 9.17) is 16.3 Å². The van der Waals surface area contributed by atoms with Crippen LogP contribution in [0, 0.1) is 0 Å². The van der Waals surface area contributed by atoms with Crippen molar-refractivity contribution in [3.63, 3.8) is 0 Å². The number of imidazole rings is 1. The summed E-state index contributed by atoms with van der Waals surface area (Å²) in [4.78, 5) is 18.2. The Morgan fingerprint density at radius 3 is 2.87 bits per heavy atom. The van der Waals surface area contributed by atoms with E-state index in [0.717, 1.165) is 16.4 Å². The third kappa shape index (κ3) is 4.81. The minimum absolute atomic E-state index is 0.0920. The van der Waals surface area contributed by atoms with E-state index >= 15 is 0 Å². The zero-order valence-corrected chi connectivity index (χ0v) is 14.3. The van der Waals surface area contributed by atoms with Crippen molar-refractivity contribution in [3.05, 3.63) is 53.1 Å². The first kappa shape index (κ1) is 17.5. The van der Waals surface area contributed by atoms with Gasteiger partial charge in [-0.05, 0) is 11.6 Å². The Morgan fingerprint density at radius 1 is 1.39 bits per heavy atom. The molecular formula is C17H22ClN3O2. The highest BCUT2D eigenvalue weighted by molar-refractivity contribution is 6.31. The molecule has 0 bridgehead atoms. The summed E-state index contributed by atoms with van der Waals surface area (Å²) in [5.41, 5.74) is 1.03. The lowest BCUT2D eigenvalue weighted by Crippen LogP contribution is -2.34. The fourth-order valence-electron chi connectivity index (χ4n) is 2.33. The van der Waals surface area contributed by atoms with Crippen molar-refractivity contribution < 1.29 is 9.53 Å². The maximum Gasteiger partial charge on any atom is 0.222 e. The molecule has 0 radical (unpaired) electrons. The van der Waals surface area contributed by atoms with E-state index in [2.05, 4.69) is 4.98 Å². The van der Waals surface area contributed by atoms with Gasteiger partial charge in [-0.25, -0.2) is 4.98 Å². The van der Waals surface area contributed by atoms with Crippen LogP contribution in [0.5, 0.6) is 0 Å². The fraction of sp³-hybridized carbons (Fsp3) is 0.412. The molecule has 0 atom stereocenters. The summed E-state index contributed by atoms with van der Waals surface area (Å²) in [5.74, 6) is 0.928. The molecule has 1 heterocycles. The highest BCUT2D eigenvalue weighted by Gasteiger charge is 2.15. The monoisotopic (exact) mass is 335 g/mol. The third-order valence-corrected chi connectivity index (χ3v) is 4.02. The second-order valence-corrected chi connectivity index (χ2v) is 5.63. The van der Waals surface area contributed by atoms with Crippen LogP contribution in [0.4, 0.5) is 0 Å². The summed E-state index contributed by atoms with van der Waals surface area (Å²) >= 11 is 6.23. The Hall–Kier alpha value is -1.85. The predicted octanol–water partition coefficient (Wildman–Crippen LogP) is 2.97. The van der Waals surface area contributed by atoms with Gasteiger partial charge in [-0.1, -0.05) is 36.7 Å². The summed E-state index contributed by atoms with van der Waals surface area (Å²) in [6.45, 7) is 4.03. The maximum absolute atomic E-state index is 12.1. The van der Waals surface area contributed by atoms with Crippen LogP contribution in [-0.4, -0.2) is 40.6 Å². The van der Waals surface area contributed by atoms with E-state index in [0.29, 0.717) is 32.7 Å². The SMILES string of the molecule is CCC(=O)N(CCOC)Cc1nccn1Cc1ccccc1Cl. The highest BCUT2D eigenvalue weighted by atomic mass is 35.5. The van der Waals surface area contributed by atoms with Gasteiger partial charge in [0, 0.05) is 37.5 Å². The molecule has 23 heavy (non-hydrogen) atoms. The molecule has 1 amide bonds. The lowest BCUT2D eigenvalue weighted by molar-refractivity contribution is -0.132. The fourth-order valence-corrected chi connectivity index (χ4v) is 2.53. The van der Waals surface area contributed by atoms with Crippen molar-refractivity contribution in [2.75, 3.05) is 20.3 Å². The number of amides is 1. The zero-order chi connectivity index (χ0) is 16.7. The van der Waals surface area contributed by atoms with Gasteiger partial charge in [0.05, 0.1) is 19.7 Å². The van der Waals surface area contributed by atoms with Gasteiger partial charge < -0.3 is 14.2 Å². The minimum Gasteiger partial charge on any atom is -0.383 e. The Bertz CT molecular complexity index is 642. The number of hydrogen-bond acceptors (Lipinski definition) is 3. The molecule has 6 heteroatoms. The number of benzene rings is 1. The van der Waals surface area contributed by atoms with Crippen molar-refractivity contribution in [1.82, 2.24) is 14.5 Å². The predicted molar refractivity (Wildman–Crippen MR) is 90.4 cm³/mol. The molecule has 0 aliphatic rings. The van der Waals surface area contributed by atoms with Crippen molar-refractivity contribution in [2.45, 2.75) is 26.4 Å². The smallest absolute Gasteiger partial charge is 0.222 e. The average Bonchev–Trinajstić information content (AvgIpc) is 2.99. The summed E-state index contributed by atoms with van der Waals surface area (Å²) < 4.78 is 7.11. The van der Waals surface area contributed by atoms with Gasteiger partial charge in [0.25, 0.3) is 0 Å². The number of hydrogen-bond donors (Lipinski definition) is 0. The topological polar surface area (TPSA) is 47.4 Å². The number of halogens is 1. The summed E-state index contributed by atoms with van der Waals surface area (Å²) in [6, 6.07) is 7.74. The van der Waals surface area contributed by atoms with E-state index < -0.39 is 0 Å². The van der Waals surface area contributed by atoms with Crippen LogP contribution in [-0.2, 0) is 22.6 Å². The van der Waals surface area contributed by atoms with E-state index in [1.165, 1.54) is 0 Å². The Morgan fingerprint density at radius 2 is 2.17 bits per heavy atom. The van der Waals surface area contributed by atoms with Crippen LogP contribution in [0.3, 0.4) is 0 Å². The van der Waals surface area contributed by atoms with Gasteiger partial charge >= 0.3 is 0 Å². The van der Waals surface area contributed by atoms with Gasteiger partial charge in [0.2, 0.25) is 5.91 Å². The Labute approximate surface area is 141 Å². The van der Waals surface area contributed by atoms with Crippen LogP contribution in [0.2, 0.25) is 5.02 Å². The zero-order valence-electron chi connectivity index (χ0n) is 13.5. The summed E-state index contributed by atoms with van der Waals surface area (Å²) in [7, 11) is 1.63. The van der Waals surface area contributed by atoms with Gasteiger partial charge in [-0.2, -0.15) is 0 Å². The lowest BCUT2D eigenvalue weighted by Gasteiger charge is -2.22. The van der Waals surface area contributed by atoms with E-state index in [1.54, 1.807) is 18.2 Å². The first-order valence-electron chi connectivity index (χ1n) is 7.65. The van der Waals surface area contributed by atoms with Crippen molar-refractivity contribution in [1.29, 1.82) is 0 Å². The summed E-state index contributed by atoms with van der Waals surface area (Å²) in [6.07, 6.45) is 4.12. The first-order valence-corrected chi connectivity index (χ1v) is 8.03. The van der Waals surface area contributed by atoms with Crippen LogP contribution in [0.25, 0.3) is 0 Å². The third-order valence-electron chi connectivity index (χ3n) is 3.65. The molecule has 0 aliphatic carbocycles. The molecule has 5 nitrogen and oxygen atoms in total. The van der Waals surface area contributed by atoms with Crippen LogP contribution in [0.1, 0.15) is 24.7 Å². The number of rotatable bonds is 8. The standard InChI is InChI=1S/C17H22ClN3O2/c1-3-17(22)21(10-11-23-2)13-16-19-8-9-20(16)12-14-6-4-5-7-15(14)18/h4-9H,3,10-13H2,1-2H3. The maximum atomic E-state index is 12.1. The van der Waals surface area contributed by atoms with E-state index in [9.17, 15) is 4.79 Å². The van der Waals surface area contributed by atoms with Gasteiger partial charge in [-0.3, -0.25) is 4.79 Å². The number of carbonyl (C=O) groups excluding carboxylic acids is 1. The van der Waals surface area contributed by atoms with Crippen LogP contribution < -0.4 is 0 Å². The van der Waals surface area contributed by atoms with Crippen LogP contribution >= 0.6 is 11.6 Å². The number of methoxy groups -OCH3 is 1. The lowest BCUT2D eigenvalue weighted by atomic mass is 10.2. The molecule has 2 aromatic rings. The molecule has 0 N–H and O–H groups in total. The largest absolute Gasteiger partial charge is 0.383 e. The Balaban J connectivity index is 2.13. The minimum atomic E-state index is 0.0920. The van der Waals surface area contributed by atoms with Gasteiger partial charge in [0.15, 0.2) is 0 Å². The number of carbonyl (C=O) groups is 1. The second kappa shape index (κ2) is 8.70. The normalized spacial score (nSPS) is 10.7. The molecule has 0 saturated heterocycles. The molecule has 0 fully saturated rings. The number of nitrogens with zero attached hydrogens (tertiary/aromatic N) is 3. The molecule has 0 unspecified atom stereocenters. The molecular weight excluding hydrogens is 314 g/mol. The van der Waals surface area contributed by atoms with Gasteiger partial charge in [-0.15, -0.1) is 0 Å². The van der Waals surface area contributed by atoms with Crippen molar-refractivity contribution in [2.24, 2.45) is 0 Å². The Kier molecular flexibility index (Phi) is 6.62. The van der Waals surface area contributed by atoms with E-state index in [-0.39, 0.29) is 5.91 Å². The van der Waals surface area contributed by atoms with E-state index in [1.807, 2.05) is 42.0 Å². The molecule has 2 rings (SSSR count). The number of aromatic nitrogens is 2. The first-order chi connectivity index (χ1) is 11.2. The molecule has 0 saturated carbocycles. The highest BCUT2D eigenvalue weighted by Crippen LogP contribution is 2.17. The van der Waals surface area contributed by atoms with Gasteiger partial charge in [0.1, 0.15) is 5.82 Å². The molecule has 1 aromatic heterocycles. The molecule has 1 aromatic carbocycles. The second-order valence-electron chi connectivity index (χ2n) is 5.22. The quantitative estimate of drug-likeness (QED) is 0.745. The van der Waals surface area contributed by atoms with Crippen LogP contribution in [0.15, 0.2) is 36.7 Å². The number of ether oxygens (including phenoxy) is 1. The molecule has 0 spiro atoms. The van der Waals surface area contributed by atoms with Crippen molar-refractivity contribution >= 4 is 17.5 Å². The molecule has 124 valence electrons. The molecule has 0 aliphatic heterocycles. The summed E-state index contributed by atoms with van der Waals surface area (Å²) in [5, 5.41) is 0.730. The van der Waals surface area contributed by atoms with Crippen molar-refractivity contribution in [3.8, 4) is 0 Å². The average molecular weight is 336 g/mol.